The molecule has 1 heterocycles. The van der Waals surface area contributed by atoms with Crippen LogP contribution in [0.3, 0.4) is 0 Å². The van der Waals surface area contributed by atoms with Crippen molar-refractivity contribution in [3.8, 4) is 5.75 Å². The maximum Gasteiger partial charge on any atom is 0.219 e. The largest absolute Gasteiger partial charge is 0.497 e. The molecule has 0 bridgehead atoms. The number of ketones is 1. The minimum absolute atomic E-state index is 0.179. The molecule has 0 amide bonds. The second-order valence-corrected chi connectivity index (χ2v) is 4.67. The van der Waals surface area contributed by atoms with Crippen LogP contribution in [-0.2, 0) is 0 Å². The lowest BCUT2D eigenvalue weighted by atomic mass is 10.1. The first kappa shape index (κ1) is 13.6. The molecule has 102 valence electrons. The lowest BCUT2D eigenvalue weighted by Crippen LogP contribution is -3.12. The van der Waals surface area contributed by atoms with Crippen molar-refractivity contribution in [2.75, 3.05) is 26.7 Å². The molecule has 0 fully saturated rings. The quantitative estimate of drug-likeness (QED) is 0.770. The number of aromatic amines is 1. The molecule has 2 N–H and O–H groups in total. The van der Waals surface area contributed by atoms with Gasteiger partial charge in [-0.25, -0.2) is 0 Å². The van der Waals surface area contributed by atoms with Crippen molar-refractivity contribution in [1.82, 2.24) is 4.98 Å². The summed E-state index contributed by atoms with van der Waals surface area (Å²) < 4.78 is 5.22. The van der Waals surface area contributed by atoms with Crippen LogP contribution in [0.5, 0.6) is 5.75 Å². The van der Waals surface area contributed by atoms with E-state index in [4.69, 9.17) is 4.74 Å². The molecule has 4 nitrogen and oxygen atoms in total. The minimum Gasteiger partial charge on any atom is -0.497 e. The molecule has 1 aromatic heterocycles. The van der Waals surface area contributed by atoms with Crippen LogP contribution in [0, 0.1) is 0 Å². The van der Waals surface area contributed by atoms with Gasteiger partial charge in [0.15, 0.2) is 0 Å². The number of ether oxygens (including phenoxy) is 1. The molecule has 0 saturated carbocycles. The molecule has 4 heteroatoms. The van der Waals surface area contributed by atoms with Gasteiger partial charge in [-0.15, -0.1) is 0 Å². The summed E-state index contributed by atoms with van der Waals surface area (Å²) in [6.45, 7) is 6.67. The van der Waals surface area contributed by atoms with E-state index in [0.29, 0.717) is 6.54 Å². The number of hydrogen-bond acceptors (Lipinski definition) is 2. The van der Waals surface area contributed by atoms with Crippen molar-refractivity contribution in [3.63, 3.8) is 0 Å². The number of quaternary nitrogens is 1. The summed E-state index contributed by atoms with van der Waals surface area (Å²) in [5.41, 5.74) is 1.73. The van der Waals surface area contributed by atoms with E-state index in [1.165, 1.54) is 4.90 Å². The topological polar surface area (TPSA) is 46.5 Å². The summed E-state index contributed by atoms with van der Waals surface area (Å²) in [7, 11) is 1.63. The van der Waals surface area contributed by atoms with Crippen molar-refractivity contribution in [2.45, 2.75) is 13.8 Å². The molecular weight excluding hydrogens is 240 g/mol. The van der Waals surface area contributed by atoms with Crippen LogP contribution in [0.2, 0.25) is 0 Å². The van der Waals surface area contributed by atoms with Crippen LogP contribution in [-0.4, -0.2) is 37.5 Å². The van der Waals surface area contributed by atoms with E-state index >= 15 is 0 Å². The van der Waals surface area contributed by atoms with E-state index in [0.717, 1.165) is 35.3 Å². The summed E-state index contributed by atoms with van der Waals surface area (Å²) in [6.07, 6.45) is 1.80. The summed E-state index contributed by atoms with van der Waals surface area (Å²) >= 11 is 0. The Kier molecular flexibility index (Phi) is 4.22. The molecule has 0 aliphatic heterocycles. The molecule has 0 atom stereocenters. The highest BCUT2D eigenvalue weighted by molar-refractivity contribution is 6.08. The van der Waals surface area contributed by atoms with E-state index in [1.54, 1.807) is 13.3 Å². The van der Waals surface area contributed by atoms with Crippen LogP contribution in [0.1, 0.15) is 24.2 Å². The van der Waals surface area contributed by atoms with E-state index < -0.39 is 0 Å². The average Bonchev–Trinajstić information content (AvgIpc) is 2.87. The molecule has 2 rings (SSSR count). The predicted octanol–water partition coefficient (Wildman–Crippen LogP) is 1.28. The molecule has 19 heavy (non-hydrogen) atoms. The Morgan fingerprint density at radius 2 is 2.05 bits per heavy atom. The fourth-order valence-corrected chi connectivity index (χ4v) is 2.28. The number of nitrogens with one attached hydrogen (secondary N) is 2. The predicted molar refractivity (Wildman–Crippen MR) is 76.1 cm³/mol. The number of Topliss-reactive ketones (excluding diaryl/α,β-unsaturated/α-hetero) is 1. The summed E-state index contributed by atoms with van der Waals surface area (Å²) in [5.74, 6) is 0.953. The zero-order chi connectivity index (χ0) is 13.8. The standard InChI is InChI=1S/C15H20N2O2/c1-4-17(5-2)10-15(18)13-9-16-14-7-6-11(19-3)8-12(13)14/h6-9,16H,4-5,10H2,1-3H3/p+1. The molecule has 0 saturated heterocycles. The third-order valence-electron chi connectivity index (χ3n) is 3.60. The Morgan fingerprint density at radius 1 is 1.32 bits per heavy atom. The number of carbonyl (C=O) groups excluding carboxylic acids is 1. The fourth-order valence-electron chi connectivity index (χ4n) is 2.28. The summed E-state index contributed by atoms with van der Waals surface area (Å²) in [6, 6.07) is 5.74. The van der Waals surface area contributed by atoms with E-state index in [9.17, 15) is 4.79 Å². The van der Waals surface area contributed by atoms with Crippen LogP contribution < -0.4 is 9.64 Å². The van der Waals surface area contributed by atoms with Gasteiger partial charge in [0, 0.05) is 22.7 Å². The Morgan fingerprint density at radius 3 is 2.68 bits per heavy atom. The number of likely N-dealkylation sites (N-methyl/N-ethyl adjacent to an activating group) is 1. The maximum atomic E-state index is 12.4. The molecule has 0 unspecified atom stereocenters. The van der Waals surface area contributed by atoms with E-state index in [1.807, 2.05) is 18.2 Å². The molecule has 0 aliphatic carbocycles. The van der Waals surface area contributed by atoms with Crippen molar-refractivity contribution in [1.29, 1.82) is 0 Å². The van der Waals surface area contributed by atoms with Crippen molar-refractivity contribution >= 4 is 16.7 Å². The highest BCUT2D eigenvalue weighted by atomic mass is 16.5. The average molecular weight is 261 g/mol. The summed E-state index contributed by atoms with van der Waals surface area (Å²) in [5, 5.41) is 0.941. The monoisotopic (exact) mass is 261 g/mol. The van der Waals surface area contributed by atoms with Gasteiger partial charge in [-0.05, 0) is 32.0 Å². The van der Waals surface area contributed by atoms with Gasteiger partial charge in [-0.1, -0.05) is 0 Å². The SMILES string of the molecule is CC[NH+](CC)CC(=O)c1c[nH]c2ccc(OC)cc12. The Hall–Kier alpha value is -1.81. The second-order valence-electron chi connectivity index (χ2n) is 4.67. The zero-order valence-electron chi connectivity index (χ0n) is 11.7. The maximum absolute atomic E-state index is 12.4. The fraction of sp³-hybridized carbons (Fsp3) is 0.400. The van der Waals surface area contributed by atoms with Gasteiger partial charge in [0.1, 0.15) is 12.3 Å². The van der Waals surface area contributed by atoms with Gasteiger partial charge >= 0.3 is 0 Å². The highest BCUT2D eigenvalue weighted by Gasteiger charge is 2.17. The Bertz CT molecular complexity index is 571. The van der Waals surface area contributed by atoms with E-state index in [-0.39, 0.29) is 5.78 Å². The van der Waals surface area contributed by atoms with Crippen LogP contribution in [0.25, 0.3) is 10.9 Å². The zero-order valence-corrected chi connectivity index (χ0v) is 11.7. The Balaban J connectivity index is 2.31. The number of aromatic nitrogens is 1. The third kappa shape index (κ3) is 2.79. The van der Waals surface area contributed by atoms with Crippen molar-refractivity contribution in [3.05, 3.63) is 30.0 Å². The molecule has 1 aromatic carbocycles. The van der Waals surface area contributed by atoms with Gasteiger partial charge in [-0.2, -0.15) is 0 Å². The number of rotatable bonds is 6. The smallest absolute Gasteiger partial charge is 0.219 e. The minimum atomic E-state index is 0.179. The first-order valence-corrected chi connectivity index (χ1v) is 6.71. The van der Waals surface area contributed by atoms with Gasteiger partial charge < -0.3 is 14.6 Å². The van der Waals surface area contributed by atoms with Gasteiger partial charge in [0.05, 0.1) is 20.2 Å². The molecular formula is C15H21N2O2+. The number of hydrogen-bond donors (Lipinski definition) is 2. The number of H-pyrrole nitrogens is 1. The third-order valence-corrected chi connectivity index (χ3v) is 3.60. The lowest BCUT2D eigenvalue weighted by molar-refractivity contribution is -0.887. The van der Waals surface area contributed by atoms with E-state index in [2.05, 4.69) is 18.8 Å². The number of carbonyl (C=O) groups is 1. The lowest BCUT2D eigenvalue weighted by Gasteiger charge is -2.13. The van der Waals surface area contributed by atoms with Crippen LogP contribution >= 0.6 is 0 Å². The second kappa shape index (κ2) is 5.89. The normalized spacial score (nSPS) is 11.2. The highest BCUT2D eigenvalue weighted by Crippen LogP contribution is 2.23. The van der Waals surface area contributed by atoms with Gasteiger partial charge in [0.25, 0.3) is 0 Å². The van der Waals surface area contributed by atoms with Crippen LogP contribution in [0.4, 0.5) is 0 Å². The molecule has 0 spiro atoms. The first-order chi connectivity index (χ1) is 9.19. The number of methoxy groups -OCH3 is 1. The number of benzene rings is 1. The van der Waals surface area contributed by atoms with Gasteiger partial charge in [0.2, 0.25) is 5.78 Å². The van der Waals surface area contributed by atoms with Crippen LogP contribution in [0.15, 0.2) is 24.4 Å². The molecule has 0 radical (unpaired) electrons. The van der Waals surface area contributed by atoms with Crippen molar-refractivity contribution in [2.24, 2.45) is 0 Å². The first-order valence-electron chi connectivity index (χ1n) is 6.71. The number of fused-ring (bicyclic) bond motifs is 1. The molecule has 0 aliphatic rings. The van der Waals surface area contributed by atoms with Crippen molar-refractivity contribution < 1.29 is 14.4 Å². The summed E-state index contributed by atoms with van der Waals surface area (Å²) in [4.78, 5) is 16.8. The Labute approximate surface area is 113 Å². The molecule has 2 aromatic rings. The van der Waals surface area contributed by atoms with Gasteiger partial charge in [-0.3, -0.25) is 4.79 Å².